The molecular weight excluding hydrogens is 210 g/mol. The second-order valence-corrected chi connectivity index (χ2v) is 4.92. The van der Waals surface area contributed by atoms with Gasteiger partial charge < -0.3 is 10.4 Å². The van der Waals surface area contributed by atoms with Gasteiger partial charge in [-0.05, 0) is 61.8 Å². The summed E-state index contributed by atoms with van der Waals surface area (Å²) in [4.78, 5) is 0. The molecule has 17 heavy (non-hydrogen) atoms. The SMILES string of the molecule is OCCCCNCc1ccc2c(c1)CCCC2. The molecule has 0 atom stereocenters. The molecule has 0 radical (unpaired) electrons. The number of unbranched alkanes of at least 4 members (excludes halogenated alkanes) is 1. The van der Waals surface area contributed by atoms with Crippen LogP contribution in [0.3, 0.4) is 0 Å². The third kappa shape index (κ3) is 3.83. The number of hydrogen-bond donors (Lipinski definition) is 2. The lowest BCUT2D eigenvalue weighted by Gasteiger charge is -2.16. The average molecular weight is 233 g/mol. The first-order valence-electron chi connectivity index (χ1n) is 6.82. The van der Waals surface area contributed by atoms with Crippen LogP contribution in [0.25, 0.3) is 0 Å². The van der Waals surface area contributed by atoms with Crippen molar-refractivity contribution >= 4 is 0 Å². The molecule has 0 spiro atoms. The highest BCUT2D eigenvalue weighted by Gasteiger charge is 2.08. The Hall–Kier alpha value is -0.860. The molecule has 0 aliphatic heterocycles. The summed E-state index contributed by atoms with van der Waals surface area (Å²) in [5.41, 5.74) is 4.51. The van der Waals surface area contributed by atoms with Crippen LogP contribution in [0.15, 0.2) is 18.2 Å². The van der Waals surface area contributed by atoms with Crippen LogP contribution in [0, 0.1) is 0 Å². The largest absolute Gasteiger partial charge is 0.396 e. The third-order valence-electron chi connectivity index (χ3n) is 3.50. The van der Waals surface area contributed by atoms with E-state index in [9.17, 15) is 0 Å². The fourth-order valence-corrected chi connectivity index (χ4v) is 2.49. The minimum atomic E-state index is 0.306. The van der Waals surface area contributed by atoms with Crippen LogP contribution in [-0.4, -0.2) is 18.3 Å². The van der Waals surface area contributed by atoms with E-state index in [1.807, 2.05) is 0 Å². The Morgan fingerprint density at radius 1 is 1.06 bits per heavy atom. The predicted octanol–water partition coefficient (Wildman–Crippen LogP) is 2.43. The fourth-order valence-electron chi connectivity index (χ4n) is 2.49. The lowest BCUT2D eigenvalue weighted by Crippen LogP contribution is -2.15. The summed E-state index contributed by atoms with van der Waals surface area (Å²) in [5, 5.41) is 12.1. The fraction of sp³-hybridized carbons (Fsp3) is 0.600. The average Bonchev–Trinajstić information content (AvgIpc) is 2.38. The smallest absolute Gasteiger partial charge is 0.0431 e. The maximum absolute atomic E-state index is 8.69. The Morgan fingerprint density at radius 3 is 2.71 bits per heavy atom. The second kappa shape index (κ2) is 6.77. The maximum Gasteiger partial charge on any atom is 0.0431 e. The Morgan fingerprint density at radius 2 is 1.88 bits per heavy atom. The van der Waals surface area contributed by atoms with Gasteiger partial charge in [0.15, 0.2) is 0 Å². The molecule has 0 heterocycles. The van der Waals surface area contributed by atoms with Gasteiger partial charge in [-0.1, -0.05) is 18.2 Å². The first-order chi connectivity index (χ1) is 8.40. The number of aryl methyl sites for hydroxylation is 2. The first-order valence-corrected chi connectivity index (χ1v) is 6.82. The maximum atomic E-state index is 8.69. The zero-order chi connectivity index (χ0) is 11.9. The van der Waals surface area contributed by atoms with Crippen LogP contribution in [0.1, 0.15) is 42.4 Å². The molecule has 0 saturated heterocycles. The van der Waals surface area contributed by atoms with Crippen molar-refractivity contribution in [2.75, 3.05) is 13.2 Å². The normalized spacial score (nSPS) is 14.6. The minimum Gasteiger partial charge on any atom is -0.396 e. The zero-order valence-corrected chi connectivity index (χ0v) is 10.5. The summed E-state index contributed by atoms with van der Waals surface area (Å²) in [6.45, 7) is 2.26. The molecule has 0 unspecified atom stereocenters. The molecule has 1 aromatic carbocycles. The van der Waals surface area contributed by atoms with Gasteiger partial charge in [0.25, 0.3) is 0 Å². The van der Waals surface area contributed by atoms with Crippen LogP contribution in [0.2, 0.25) is 0 Å². The van der Waals surface area contributed by atoms with E-state index in [0.29, 0.717) is 6.61 Å². The van der Waals surface area contributed by atoms with Gasteiger partial charge in [-0.25, -0.2) is 0 Å². The van der Waals surface area contributed by atoms with Gasteiger partial charge in [-0.15, -0.1) is 0 Å². The molecule has 0 aromatic heterocycles. The number of nitrogens with one attached hydrogen (secondary N) is 1. The highest BCUT2D eigenvalue weighted by molar-refractivity contribution is 5.33. The van der Waals surface area contributed by atoms with Crippen LogP contribution < -0.4 is 5.32 Å². The van der Waals surface area contributed by atoms with Crippen LogP contribution in [-0.2, 0) is 19.4 Å². The van der Waals surface area contributed by atoms with Crippen molar-refractivity contribution in [2.45, 2.75) is 45.1 Å². The number of hydrogen-bond acceptors (Lipinski definition) is 2. The Labute approximate surface area is 104 Å². The molecule has 2 N–H and O–H groups in total. The number of aliphatic hydroxyl groups is 1. The molecular formula is C15H23NO. The number of rotatable bonds is 6. The Balaban J connectivity index is 1.81. The molecule has 1 aliphatic rings. The lowest BCUT2D eigenvalue weighted by atomic mass is 9.90. The molecule has 94 valence electrons. The van der Waals surface area contributed by atoms with E-state index in [2.05, 4.69) is 23.5 Å². The van der Waals surface area contributed by atoms with Crippen molar-refractivity contribution < 1.29 is 5.11 Å². The van der Waals surface area contributed by atoms with Crippen LogP contribution >= 0.6 is 0 Å². The highest BCUT2D eigenvalue weighted by Crippen LogP contribution is 2.22. The van der Waals surface area contributed by atoms with Crippen LogP contribution in [0.4, 0.5) is 0 Å². The molecule has 0 fully saturated rings. The third-order valence-corrected chi connectivity index (χ3v) is 3.50. The van der Waals surface area contributed by atoms with Gasteiger partial charge >= 0.3 is 0 Å². The van der Waals surface area contributed by atoms with Crippen molar-refractivity contribution in [2.24, 2.45) is 0 Å². The van der Waals surface area contributed by atoms with Gasteiger partial charge in [-0.2, -0.15) is 0 Å². The zero-order valence-electron chi connectivity index (χ0n) is 10.5. The monoisotopic (exact) mass is 233 g/mol. The Kier molecular flexibility index (Phi) is 5.02. The Bertz CT molecular complexity index is 349. The summed E-state index contributed by atoms with van der Waals surface area (Å²) in [7, 11) is 0. The van der Waals surface area contributed by atoms with E-state index in [1.54, 1.807) is 11.1 Å². The van der Waals surface area contributed by atoms with E-state index in [1.165, 1.54) is 31.2 Å². The van der Waals surface area contributed by atoms with E-state index in [0.717, 1.165) is 25.9 Å². The molecule has 0 bridgehead atoms. The lowest BCUT2D eigenvalue weighted by molar-refractivity contribution is 0.283. The van der Waals surface area contributed by atoms with Gasteiger partial charge in [0.1, 0.15) is 0 Å². The van der Waals surface area contributed by atoms with Gasteiger partial charge in [0.05, 0.1) is 0 Å². The van der Waals surface area contributed by atoms with Crippen molar-refractivity contribution in [1.82, 2.24) is 5.32 Å². The highest BCUT2D eigenvalue weighted by atomic mass is 16.2. The number of benzene rings is 1. The number of aliphatic hydroxyl groups excluding tert-OH is 1. The van der Waals surface area contributed by atoms with Crippen molar-refractivity contribution in [3.05, 3.63) is 34.9 Å². The predicted molar refractivity (Wildman–Crippen MR) is 71.1 cm³/mol. The quantitative estimate of drug-likeness (QED) is 0.740. The second-order valence-electron chi connectivity index (χ2n) is 4.92. The molecule has 0 amide bonds. The molecule has 1 aliphatic carbocycles. The molecule has 0 saturated carbocycles. The molecule has 2 rings (SSSR count). The van der Waals surface area contributed by atoms with E-state index in [-0.39, 0.29) is 0 Å². The first kappa shape index (κ1) is 12.6. The standard InChI is InChI=1S/C15H23NO/c17-10-4-3-9-16-12-13-7-8-14-5-1-2-6-15(14)11-13/h7-8,11,16-17H,1-6,9-10,12H2. The summed E-state index contributed by atoms with van der Waals surface area (Å²) >= 11 is 0. The summed E-state index contributed by atoms with van der Waals surface area (Å²) in [5.74, 6) is 0. The topological polar surface area (TPSA) is 32.3 Å². The summed E-state index contributed by atoms with van der Waals surface area (Å²) in [6.07, 6.45) is 7.18. The molecule has 2 heteroatoms. The van der Waals surface area contributed by atoms with Gasteiger partial charge in [0, 0.05) is 13.2 Å². The summed E-state index contributed by atoms with van der Waals surface area (Å²) < 4.78 is 0. The van der Waals surface area contributed by atoms with Gasteiger partial charge in [0.2, 0.25) is 0 Å². The van der Waals surface area contributed by atoms with Crippen LogP contribution in [0.5, 0.6) is 0 Å². The van der Waals surface area contributed by atoms with E-state index < -0.39 is 0 Å². The molecule has 1 aromatic rings. The van der Waals surface area contributed by atoms with Crippen molar-refractivity contribution in [3.8, 4) is 0 Å². The van der Waals surface area contributed by atoms with E-state index in [4.69, 9.17) is 5.11 Å². The molecule has 2 nitrogen and oxygen atoms in total. The number of fused-ring (bicyclic) bond motifs is 1. The van der Waals surface area contributed by atoms with E-state index >= 15 is 0 Å². The minimum absolute atomic E-state index is 0.306. The van der Waals surface area contributed by atoms with Crippen molar-refractivity contribution in [1.29, 1.82) is 0 Å². The summed E-state index contributed by atoms with van der Waals surface area (Å²) in [6, 6.07) is 6.93. The van der Waals surface area contributed by atoms with Crippen molar-refractivity contribution in [3.63, 3.8) is 0 Å². The van der Waals surface area contributed by atoms with Gasteiger partial charge in [-0.3, -0.25) is 0 Å².